The number of imide groups is 1. The molecule has 7 heteroatoms. The minimum absolute atomic E-state index is 0.0123. The van der Waals surface area contributed by atoms with Crippen LogP contribution in [0.2, 0.25) is 5.02 Å². The van der Waals surface area contributed by atoms with E-state index in [1.807, 2.05) is 0 Å². The molecule has 0 aromatic heterocycles. The number of carbonyl (C=O) groups is 2. The van der Waals surface area contributed by atoms with E-state index in [4.69, 9.17) is 11.6 Å². The Labute approximate surface area is 142 Å². The highest BCUT2D eigenvalue weighted by molar-refractivity contribution is 6.33. The highest BCUT2D eigenvalue weighted by Crippen LogP contribution is 2.73. The second-order valence-electron chi connectivity index (χ2n) is 7.13. The largest absolute Gasteiger partial charge is 0.289 e. The number of benzene rings is 1. The van der Waals surface area contributed by atoms with Crippen LogP contribution in [0.5, 0.6) is 0 Å². The van der Waals surface area contributed by atoms with Crippen molar-refractivity contribution in [2.75, 3.05) is 4.90 Å². The van der Waals surface area contributed by atoms with Gasteiger partial charge in [-0.3, -0.25) is 19.7 Å². The van der Waals surface area contributed by atoms with Gasteiger partial charge >= 0.3 is 0 Å². The van der Waals surface area contributed by atoms with Crippen LogP contribution in [0.15, 0.2) is 30.4 Å². The fraction of sp³-hybridized carbons (Fsp3) is 0.412. The SMILES string of the molecule is O=C1[C@@H]2[C@H](C(=O)N1c1ccc(Cl)c([N+](=O)[O-])c1)[C@H]1C=C[C@H]2C12CC2. The molecule has 0 N–H and O–H groups in total. The number of nitro groups is 1. The minimum Gasteiger partial charge on any atom is -0.274 e. The van der Waals surface area contributed by atoms with E-state index < -0.39 is 4.92 Å². The van der Waals surface area contributed by atoms with Crippen LogP contribution in [0.25, 0.3) is 0 Å². The number of rotatable bonds is 2. The molecule has 1 aromatic carbocycles. The second kappa shape index (κ2) is 4.25. The lowest BCUT2D eigenvalue weighted by Gasteiger charge is -2.21. The van der Waals surface area contributed by atoms with E-state index in [9.17, 15) is 19.7 Å². The first-order chi connectivity index (χ1) is 11.5. The van der Waals surface area contributed by atoms with Crippen molar-refractivity contribution in [1.82, 2.24) is 0 Å². The number of hydrogen-bond acceptors (Lipinski definition) is 4. The van der Waals surface area contributed by atoms with Gasteiger partial charge in [-0.1, -0.05) is 23.8 Å². The average Bonchev–Trinajstić information content (AvgIpc) is 3.14. The predicted molar refractivity (Wildman–Crippen MR) is 85.4 cm³/mol. The van der Waals surface area contributed by atoms with Crippen molar-refractivity contribution in [3.05, 3.63) is 45.5 Å². The van der Waals surface area contributed by atoms with Gasteiger partial charge in [0.25, 0.3) is 5.69 Å². The predicted octanol–water partition coefficient (Wildman–Crippen LogP) is 2.95. The molecule has 3 fully saturated rings. The highest BCUT2D eigenvalue weighted by atomic mass is 35.5. The Balaban J connectivity index is 1.56. The molecular formula is C17H13ClN2O4. The highest BCUT2D eigenvalue weighted by Gasteiger charge is 2.73. The number of hydrogen-bond donors (Lipinski definition) is 0. The van der Waals surface area contributed by atoms with Crippen LogP contribution in [0, 0.1) is 39.2 Å². The van der Waals surface area contributed by atoms with Crippen molar-refractivity contribution >= 4 is 34.8 Å². The lowest BCUT2D eigenvalue weighted by molar-refractivity contribution is -0.384. The maximum absolute atomic E-state index is 12.9. The fourth-order valence-corrected chi connectivity index (χ4v) is 5.30. The third kappa shape index (κ3) is 1.48. The van der Waals surface area contributed by atoms with Gasteiger partial charge in [-0.05, 0) is 42.2 Å². The van der Waals surface area contributed by atoms with Gasteiger partial charge in [0.15, 0.2) is 0 Å². The fourth-order valence-electron chi connectivity index (χ4n) is 5.11. The van der Waals surface area contributed by atoms with Crippen molar-refractivity contribution in [1.29, 1.82) is 0 Å². The van der Waals surface area contributed by atoms with Crippen LogP contribution < -0.4 is 4.90 Å². The molecule has 1 spiro atoms. The molecule has 1 saturated heterocycles. The number of fused-ring (bicyclic) bond motifs is 3. The number of allylic oxidation sites excluding steroid dienone is 2. The Kier molecular flexibility index (Phi) is 2.51. The Morgan fingerprint density at radius 2 is 1.71 bits per heavy atom. The van der Waals surface area contributed by atoms with Crippen LogP contribution in [0.3, 0.4) is 0 Å². The summed E-state index contributed by atoms with van der Waals surface area (Å²) in [7, 11) is 0. The first-order valence-electron chi connectivity index (χ1n) is 7.96. The standard InChI is InChI=1S/C17H13ClN2O4/c18-11-4-1-8(7-12(11)20(23)24)19-15(21)13-9-2-3-10(14(13)16(19)22)17(9)5-6-17/h1-4,7,9-10,13-14H,5-6H2/t9-,10-,13-,14+/m1/s1. The Hall–Kier alpha value is -2.21. The summed E-state index contributed by atoms with van der Waals surface area (Å²) in [6, 6.07) is 4.06. The molecule has 0 unspecified atom stereocenters. The number of anilines is 1. The van der Waals surface area contributed by atoms with Gasteiger partial charge in [0, 0.05) is 6.07 Å². The van der Waals surface area contributed by atoms with Gasteiger partial charge in [-0.15, -0.1) is 0 Å². The van der Waals surface area contributed by atoms with Gasteiger partial charge in [-0.2, -0.15) is 0 Å². The lowest BCUT2D eigenvalue weighted by Crippen LogP contribution is -2.34. The van der Waals surface area contributed by atoms with E-state index in [1.54, 1.807) is 0 Å². The topological polar surface area (TPSA) is 80.5 Å². The Morgan fingerprint density at radius 1 is 1.12 bits per heavy atom. The third-order valence-electron chi connectivity index (χ3n) is 6.24. The molecule has 5 rings (SSSR count). The molecule has 2 bridgehead atoms. The molecule has 24 heavy (non-hydrogen) atoms. The van der Waals surface area contributed by atoms with Crippen molar-refractivity contribution in [3.8, 4) is 0 Å². The van der Waals surface area contributed by atoms with E-state index in [-0.39, 0.29) is 57.3 Å². The summed E-state index contributed by atoms with van der Waals surface area (Å²) in [6.45, 7) is 0. The first kappa shape index (κ1) is 14.2. The van der Waals surface area contributed by atoms with Crippen molar-refractivity contribution in [2.24, 2.45) is 29.1 Å². The van der Waals surface area contributed by atoms with Crippen molar-refractivity contribution < 1.29 is 14.5 Å². The molecule has 0 radical (unpaired) electrons. The zero-order valence-corrected chi connectivity index (χ0v) is 13.3. The number of halogens is 1. The van der Waals surface area contributed by atoms with Gasteiger partial charge in [0.2, 0.25) is 11.8 Å². The van der Waals surface area contributed by atoms with E-state index in [1.165, 1.54) is 18.2 Å². The van der Waals surface area contributed by atoms with Gasteiger partial charge < -0.3 is 0 Å². The zero-order chi connectivity index (χ0) is 16.8. The quantitative estimate of drug-likeness (QED) is 0.357. The maximum atomic E-state index is 12.9. The molecule has 1 aromatic rings. The number of carbonyl (C=O) groups excluding carboxylic acids is 2. The summed E-state index contributed by atoms with van der Waals surface area (Å²) in [6.07, 6.45) is 6.35. The minimum atomic E-state index is -0.609. The molecule has 3 aliphatic carbocycles. The number of nitro benzene ring substituents is 1. The van der Waals surface area contributed by atoms with Crippen LogP contribution in [-0.4, -0.2) is 16.7 Å². The Bertz CT molecular complexity index is 826. The monoisotopic (exact) mass is 344 g/mol. The molecule has 1 aliphatic heterocycles. The van der Waals surface area contributed by atoms with E-state index in [2.05, 4.69) is 12.2 Å². The number of amides is 2. The molecule has 4 atom stereocenters. The van der Waals surface area contributed by atoms with Crippen LogP contribution in [-0.2, 0) is 9.59 Å². The lowest BCUT2D eigenvalue weighted by atomic mass is 9.85. The van der Waals surface area contributed by atoms with Crippen LogP contribution in [0.4, 0.5) is 11.4 Å². The average molecular weight is 345 g/mol. The van der Waals surface area contributed by atoms with Gasteiger partial charge in [-0.25, -0.2) is 4.90 Å². The summed E-state index contributed by atoms with van der Waals surface area (Å²) in [4.78, 5) is 37.5. The van der Waals surface area contributed by atoms with Crippen molar-refractivity contribution in [2.45, 2.75) is 12.8 Å². The molecule has 2 saturated carbocycles. The molecular weight excluding hydrogens is 332 g/mol. The Morgan fingerprint density at radius 3 is 2.21 bits per heavy atom. The first-order valence-corrected chi connectivity index (χ1v) is 8.33. The van der Waals surface area contributed by atoms with Crippen LogP contribution in [0.1, 0.15) is 12.8 Å². The van der Waals surface area contributed by atoms with Crippen LogP contribution >= 0.6 is 11.6 Å². The molecule has 2 amide bonds. The molecule has 6 nitrogen and oxygen atoms in total. The number of nitrogens with zero attached hydrogens (tertiary/aromatic N) is 2. The van der Waals surface area contributed by atoms with Gasteiger partial charge in [0.05, 0.1) is 22.4 Å². The normalized spacial score (nSPS) is 34.3. The van der Waals surface area contributed by atoms with Crippen molar-refractivity contribution in [3.63, 3.8) is 0 Å². The van der Waals surface area contributed by atoms with Gasteiger partial charge in [0.1, 0.15) is 5.02 Å². The van der Waals surface area contributed by atoms with E-state index in [0.717, 1.165) is 17.7 Å². The summed E-state index contributed by atoms with van der Waals surface area (Å²) in [5.74, 6) is -0.823. The summed E-state index contributed by atoms with van der Waals surface area (Å²) < 4.78 is 0. The zero-order valence-electron chi connectivity index (χ0n) is 12.5. The van der Waals surface area contributed by atoms with E-state index in [0.29, 0.717) is 0 Å². The molecule has 122 valence electrons. The summed E-state index contributed by atoms with van der Waals surface area (Å²) >= 11 is 5.83. The third-order valence-corrected chi connectivity index (χ3v) is 6.56. The molecule has 1 heterocycles. The smallest absolute Gasteiger partial charge is 0.274 e. The molecule has 4 aliphatic rings. The van der Waals surface area contributed by atoms with E-state index >= 15 is 0 Å². The second-order valence-corrected chi connectivity index (χ2v) is 7.53. The summed E-state index contributed by atoms with van der Waals surface area (Å²) in [5, 5.41) is 11.1. The maximum Gasteiger partial charge on any atom is 0.289 e. The summed E-state index contributed by atoms with van der Waals surface area (Å²) in [5.41, 5.74) is 0.0741.